The first-order valence-electron chi connectivity index (χ1n) is 6.84. The van der Waals surface area contributed by atoms with Crippen LogP contribution in [0.25, 0.3) is 0 Å². The molecule has 2 rings (SSSR count). The molecule has 8 heteroatoms. The molecular weight excluding hydrogens is 361 g/mol. The Hall–Kier alpha value is -1.92. The molecule has 1 aromatic carbocycles. The van der Waals surface area contributed by atoms with Gasteiger partial charge in [0, 0.05) is 11.6 Å². The van der Waals surface area contributed by atoms with Crippen molar-refractivity contribution < 1.29 is 18.4 Å². The van der Waals surface area contributed by atoms with Crippen LogP contribution < -0.4 is 0 Å². The lowest BCUT2D eigenvalue weighted by atomic mass is 9.78. The summed E-state index contributed by atoms with van der Waals surface area (Å²) in [5, 5.41) is -0.101. The minimum atomic E-state index is -1.55. The van der Waals surface area contributed by atoms with E-state index in [4.69, 9.17) is 23.2 Å². The van der Waals surface area contributed by atoms with Gasteiger partial charge in [-0.2, -0.15) is 0 Å². The van der Waals surface area contributed by atoms with Crippen LogP contribution in [0.3, 0.4) is 0 Å². The summed E-state index contributed by atoms with van der Waals surface area (Å²) in [6, 6.07) is 4.53. The second-order valence-corrected chi connectivity index (χ2v) is 6.36. The largest absolute Gasteiger partial charge is 0.298 e. The number of carbonyl (C=O) groups excluding carboxylic acids is 2. The number of benzene rings is 1. The van der Waals surface area contributed by atoms with Gasteiger partial charge in [0.05, 0.1) is 11.8 Å². The monoisotopic (exact) mass is 372 g/mol. The summed E-state index contributed by atoms with van der Waals surface area (Å²) in [5.41, 5.74) is -1.94. The second kappa shape index (κ2) is 6.91. The van der Waals surface area contributed by atoms with Gasteiger partial charge in [0.2, 0.25) is 5.78 Å². The summed E-state index contributed by atoms with van der Waals surface area (Å²) < 4.78 is 27.9. The number of rotatable bonds is 5. The third kappa shape index (κ3) is 3.76. The van der Waals surface area contributed by atoms with Gasteiger partial charge >= 0.3 is 0 Å². The lowest BCUT2D eigenvalue weighted by Crippen LogP contribution is -2.33. The molecule has 0 N–H and O–H groups in total. The van der Waals surface area contributed by atoms with E-state index < -0.39 is 40.6 Å². The number of hydrogen-bond acceptors (Lipinski definition) is 4. The molecule has 2 aromatic rings. The highest BCUT2D eigenvalue weighted by Crippen LogP contribution is 2.30. The van der Waals surface area contributed by atoms with Gasteiger partial charge in [-0.1, -0.05) is 29.3 Å². The van der Waals surface area contributed by atoms with Crippen molar-refractivity contribution in [1.82, 2.24) is 9.97 Å². The van der Waals surface area contributed by atoms with E-state index in [-0.39, 0.29) is 16.1 Å². The summed E-state index contributed by atoms with van der Waals surface area (Å²) in [6.07, 6.45) is -0.641. The number of aromatic nitrogens is 2. The van der Waals surface area contributed by atoms with Crippen LogP contribution in [0.15, 0.2) is 24.3 Å². The molecule has 0 saturated carbocycles. The van der Waals surface area contributed by atoms with Gasteiger partial charge in [-0.25, -0.2) is 18.7 Å². The molecule has 0 atom stereocenters. The Balaban J connectivity index is 2.29. The fourth-order valence-corrected chi connectivity index (χ4v) is 2.62. The number of carbonyl (C=O) groups is 2. The fraction of sp³-hybridized carbons (Fsp3) is 0.250. The highest BCUT2D eigenvalue weighted by Gasteiger charge is 2.36. The molecule has 0 aliphatic heterocycles. The zero-order valence-electron chi connectivity index (χ0n) is 12.7. The molecule has 4 nitrogen and oxygen atoms in total. The van der Waals surface area contributed by atoms with Crippen LogP contribution in [0.2, 0.25) is 10.3 Å². The van der Waals surface area contributed by atoms with E-state index in [1.54, 1.807) is 0 Å². The lowest BCUT2D eigenvalue weighted by Gasteiger charge is -2.24. The highest BCUT2D eigenvalue weighted by atomic mass is 35.5. The molecule has 0 aliphatic carbocycles. The average Bonchev–Trinajstić information content (AvgIpc) is 2.45. The van der Waals surface area contributed by atoms with Crippen LogP contribution in [0, 0.1) is 11.6 Å². The number of ketones is 2. The van der Waals surface area contributed by atoms with Gasteiger partial charge < -0.3 is 0 Å². The van der Waals surface area contributed by atoms with Crippen LogP contribution in [-0.2, 0) is 10.2 Å². The van der Waals surface area contributed by atoms with E-state index in [0.717, 1.165) is 12.1 Å². The SMILES string of the molecule is CC(C)(C(=O)CC(=O)c1nc(Cl)cc(Cl)n1)c1c(F)cccc1F. The molecule has 0 fully saturated rings. The first-order valence-corrected chi connectivity index (χ1v) is 7.59. The molecule has 0 amide bonds. The van der Waals surface area contributed by atoms with Crippen LogP contribution in [0.4, 0.5) is 8.78 Å². The van der Waals surface area contributed by atoms with Gasteiger partial charge in [0.15, 0.2) is 11.6 Å². The van der Waals surface area contributed by atoms with E-state index in [0.29, 0.717) is 0 Å². The van der Waals surface area contributed by atoms with E-state index in [2.05, 4.69) is 9.97 Å². The number of hydrogen-bond donors (Lipinski definition) is 0. The molecule has 24 heavy (non-hydrogen) atoms. The lowest BCUT2D eigenvalue weighted by molar-refractivity contribution is -0.122. The molecule has 0 unspecified atom stereocenters. The predicted octanol–water partition coefficient (Wildman–Crippen LogP) is 4.18. The average molecular weight is 373 g/mol. The molecule has 0 saturated heterocycles. The van der Waals surface area contributed by atoms with Crippen molar-refractivity contribution in [2.45, 2.75) is 25.7 Å². The summed E-state index contributed by atoms with van der Waals surface area (Å²) in [5.74, 6) is -3.47. The quantitative estimate of drug-likeness (QED) is 0.448. The third-order valence-corrected chi connectivity index (χ3v) is 3.91. The second-order valence-electron chi connectivity index (χ2n) is 5.58. The molecule has 0 bridgehead atoms. The van der Waals surface area contributed by atoms with Crippen LogP contribution >= 0.6 is 23.2 Å². The van der Waals surface area contributed by atoms with Crippen molar-refractivity contribution in [3.8, 4) is 0 Å². The van der Waals surface area contributed by atoms with Crippen LogP contribution in [0.5, 0.6) is 0 Å². The maximum Gasteiger partial charge on any atom is 0.207 e. The Morgan fingerprint density at radius 3 is 2.08 bits per heavy atom. The zero-order chi connectivity index (χ0) is 18.1. The Morgan fingerprint density at radius 2 is 1.58 bits per heavy atom. The van der Waals surface area contributed by atoms with Crippen LogP contribution in [0.1, 0.15) is 36.5 Å². The van der Waals surface area contributed by atoms with E-state index in [9.17, 15) is 18.4 Å². The van der Waals surface area contributed by atoms with Crippen molar-refractivity contribution >= 4 is 34.8 Å². The summed E-state index contributed by atoms with van der Waals surface area (Å²) >= 11 is 11.4. The normalized spacial score (nSPS) is 11.4. The maximum absolute atomic E-state index is 13.9. The van der Waals surface area contributed by atoms with Crippen molar-refractivity contribution in [1.29, 1.82) is 0 Å². The molecule has 126 valence electrons. The summed E-state index contributed by atoms with van der Waals surface area (Å²) in [6.45, 7) is 2.69. The van der Waals surface area contributed by atoms with Gasteiger partial charge in [-0.3, -0.25) is 9.59 Å². The predicted molar refractivity (Wildman–Crippen MR) is 85.4 cm³/mol. The zero-order valence-corrected chi connectivity index (χ0v) is 14.3. The fourth-order valence-electron chi connectivity index (χ4n) is 2.20. The number of Topliss-reactive ketones (excluding diaryl/α,β-unsaturated/α-hetero) is 2. The molecule has 1 heterocycles. The van der Waals surface area contributed by atoms with Gasteiger partial charge in [0.1, 0.15) is 21.9 Å². The van der Waals surface area contributed by atoms with Crippen molar-refractivity contribution in [2.24, 2.45) is 0 Å². The highest BCUT2D eigenvalue weighted by molar-refractivity contribution is 6.33. The molecule has 0 aliphatic rings. The minimum Gasteiger partial charge on any atom is -0.298 e. The molecule has 0 radical (unpaired) electrons. The molecule has 0 spiro atoms. The van der Waals surface area contributed by atoms with Gasteiger partial charge in [-0.15, -0.1) is 0 Å². The summed E-state index contributed by atoms with van der Waals surface area (Å²) in [7, 11) is 0. The minimum absolute atomic E-state index is 0.0507. The summed E-state index contributed by atoms with van der Waals surface area (Å²) in [4.78, 5) is 32.0. The Morgan fingerprint density at radius 1 is 1.08 bits per heavy atom. The smallest absolute Gasteiger partial charge is 0.207 e. The number of halogens is 4. The topological polar surface area (TPSA) is 59.9 Å². The Bertz CT molecular complexity index is 785. The van der Waals surface area contributed by atoms with Gasteiger partial charge in [-0.05, 0) is 26.0 Å². The maximum atomic E-state index is 13.9. The van der Waals surface area contributed by atoms with E-state index in [1.165, 1.54) is 26.0 Å². The molecular formula is C16H12Cl2F2N2O2. The Kier molecular flexibility index (Phi) is 5.30. The van der Waals surface area contributed by atoms with Crippen LogP contribution in [-0.4, -0.2) is 21.5 Å². The van der Waals surface area contributed by atoms with E-state index in [1.807, 2.05) is 0 Å². The van der Waals surface area contributed by atoms with E-state index >= 15 is 0 Å². The Labute approximate surface area is 146 Å². The van der Waals surface area contributed by atoms with Crippen molar-refractivity contribution in [3.63, 3.8) is 0 Å². The third-order valence-electron chi connectivity index (χ3n) is 3.52. The van der Waals surface area contributed by atoms with Gasteiger partial charge in [0.25, 0.3) is 0 Å². The first kappa shape index (κ1) is 18.4. The standard InChI is InChI=1S/C16H12Cl2F2N2O2/c1-16(2,14-8(19)4-3-5-9(14)20)11(24)6-10(23)15-21-12(17)7-13(18)22-15/h3-5,7H,6H2,1-2H3. The van der Waals surface area contributed by atoms with Crippen molar-refractivity contribution in [2.75, 3.05) is 0 Å². The number of nitrogens with zero attached hydrogens (tertiary/aromatic N) is 2. The first-order chi connectivity index (χ1) is 11.1. The van der Waals surface area contributed by atoms with Crippen molar-refractivity contribution in [3.05, 3.63) is 57.6 Å². The molecule has 1 aromatic heterocycles.